The van der Waals surface area contributed by atoms with Crippen LogP contribution in [0.5, 0.6) is 5.75 Å². The molecule has 0 saturated heterocycles. The Labute approximate surface area is 174 Å². The van der Waals surface area contributed by atoms with E-state index in [9.17, 15) is 12.8 Å². The first-order valence-electron chi connectivity index (χ1n) is 9.76. The smallest absolute Gasteiger partial charge is 0.240 e. The van der Waals surface area contributed by atoms with E-state index in [1.807, 2.05) is 18.2 Å². The predicted molar refractivity (Wildman–Crippen MR) is 111 cm³/mol. The van der Waals surface area contributed by atoms with Crippen molar-refractivity contribution < 1.29 is 17.5 Å². The van der Waals surface area contributed by atoms with Crippen LogP contribution in [0.15, 0.2) is 47.4 Å². The summed E-state index contributed by atoms with van der Waals surface area (Å²) in [5.41, 5.74) is 3.25. The number of aromatic nitrogens is 1. The number of nitriles is 1. The number of aryl methyl sites for hydroxylation is 1. The van der Waals surface area contributed by atoms with E-state index in [0.717, 1.165) is 40.0 Å². The van der Waals surface area contributed by atoms with Crippen LogP contribution in [0.1, 0.15) is 24.1 Å². The summed E-state index contributed by atoms with van der Waals surface area (Å²) < 4.78 is 48.9. The molecule has 1 aromatic heterocycles. The molecule has 6 nitrogen and oxygen atoms in total. The molecule has 1 unspecified atom stereocenters. The van der Waals surface area contributed by atoms with Crippen molar-refractivity contribution in [3.8, 4) is 11.8 Å². The first-order chi connectivity index (χ1) is 14.4. The van der Waals surface area contributed by atoms with Gasteiger partial charge >= 0.3 is 0 Å². The Morgan fingerprint density at radius 1 is 1.27 bits per heavy atom. The van der Waals surface area contributed by atoms with Crippen LogP contribution in [-0.2, 0) is 29.4 Å². The summed E-state index contributed by atoms with van der Waals surface area (Å²) in [6, 6.07) is 12.6. The van der Waals surface area contributed by atoms with E-state index >= 15 is 0 Å². The standard InChI is InChI=1S/C22H22FN3O3S/c1-29-17-6-10-22-20(14-17)19-13-16(5-9-21(19)26(22)12-2-11-24)25-30(27,28)18-7-3-15(23)4-8-18/h3-4,6-8,10,14,16,25H,2,5,9,12-13H2,1H3. The molecule has 0 fully saturated rings. The Morgan fingerprint density at radius 3 is 2.73 bits per heavy atom. The van der Waals surface area contributed by atoms with Crippen molar-refractivity contribution in [1.29, 1.82) is 5.26 Å². The molecule has 1 atom stereocenters. The van der Waals surface area contributed by atoms with E-state index in [1.165, 1.54) is 12.1 Å². The van der Waals surface area contributed by atoms with E-state index < -0.39 is 15.8 Å². The number of fused-ring (bicyclic) bond motifs is 3. The van der Waals surface area contributed by atoms with Crippen molar-refractivity contribution in [3.63, 3.8) is 0 Å². The second-order valence-electron chi connectivity index (χ2n) is 7.38. The zero-order valence-electron chi connectivity index (χ0n) is 16.6. The van der Waals surface area contributed by atoms with Gasteiger partial charge in [-0.05, 0) is 67.3 Å². The Kier molecular flexibility index (Phi) is 5.50. The second kappa shape index (κ2) is 8.09. The highest BCUT2D eigenvalue weighted by atomic mass is 32.2. The molecule has 1 aliphatic carbocycles. The third-order valence-electron chi connectivity index (χ3n) is 5.57. The fourth-order valence-corrected chi connectivity index (χ4v) is 5.45. The number of nitrogens with one attached hydrogen (secondary N) is 1. The minimum atomic E-state index is -3.74. The van der Waals surface area contributed by atoms with Gasteiger partial charge in [-0.1, -0.05) is 0 Å². The lowest BCUT2D eigenvalue weighted by Gasteiger charge is -2.25. The van der Waals surface area contributed by atoms with E-state index in [2.05, 4.69) is 15.4 Å². The van der Waals surface area contributed by atoms with Gasteiger partial charge in [0.1, 0.15) is 11.6 Å². The summed E-state index contributed by atoms with van der Waals surface area (Å²) >= 11 is 0. The average Bonchev–Trinajstić information content (AvgIpc) is 3.04. The summed E-state index contributed by atoms with van der Waals surface area (Å²) in [5.74, 6) is 0.257. The van der Waals surface area contributed by atoms with Gasteiger partial charge in [0.25, 0.3) is 0 Å². The van der Waals surface area contributed by atoms with Crippen LogP contribution in [-0.4, -0.2) is 26.1 Å². The zero-order valence-corrected chi connectivity index (χ0v) is 17.4. The number of hydrogen-bond acceptors (Lipinski definition) is 4. The van der Waals surface area contributed by atoms with Crippen molar-refractivity contribution in [1.82, 2.24) is 9.29 Å². The Balaban J connectivity index is 1.67. The highest BCUT2D eigenvalue weighted by molar-refractivity contribution is 7.89. The van der Waals surface area contributed by atoms with Gasteiger partial charge in [0.2, 0.25) is 10.0 Å². The molecule has 8 heteroatoms. The highest BCUT2D eigenvalue weighted by Crippen LogP contribution is 2.35. The first kappa shape index (κ1) is 20.4. The van der Waals surface area contributed by atoms with Gasteiger partial charge in [-0.2, -0.15) is 5.26 Å². The Morgan fingerprint density at radius 2 is 2.03 bits per heavy atom. The topological polar surface area (TPSA) is 84.1 Å². The molecule has 1 heterocycles. The summed E-state index contributed by atoms with van der Waals surface area (Å²) in [4.78, 5) is 0.0489. The van der Waals surface area contributed by atoms with E-state index in [-0.39, 0.29) is 10.9 Å². The monoisotopic (exact) mass is 427 g/mol. The minimum absolute atomic E-state index is 0.0489. The Hall–Kier alpha value is -2.89. The largest absolute Gasteiger partial charge is 0.497 e. The van der Waals surface area contributed by atoms with Crippen molar-refractivity contribution in [2.24, 2.45) is 0 Å². The number of halogens is 1. The molecule has 3 aromatic rings. The van der Waals surface area contributed by atoms with Gasteiger partial charge in [0, 0.05) is 29.2 Å². The van der Waals surface area contributed by atoms with E-state index in [1.54, 1.807) is 7.11 Å². The summed E-state index contributed by atoms with van der Waals surface area (Å²) in [6.45, 7) is 0.598. The lowest BCUT2D eigenvalue weighted by Crippen LogP contribution is -2.39. The minimum Gasteiger partial charge on any atom is -0.497 e. The molecule has 1 N–H and O–H groups in total. The van der Waals surface area contributed by atoms with Crippen molar-refractivity contribution >= 4 is 20.9 Å². The van der Waals surface area contributed by atoms with Crippen LogP contribution in [0.4, 0.5) is 4.39 Å². The summed E-state index contributed by atoms with van der Waals surface area (Å²) in [7, 11) is -2.13. The maximum absolute atomic E-state index is 13.2. The number of methoxy groups -OCH3 is 1. The molecule has 0 bridgehead atoms. The highest BCUT2D eigenvalue weighted by Gasteiger charge is 2.28. The SMILES string of the molecule is COc1ccc2c(c1)c1c(n2CCC#N)CCC(NS(=O)(=O)c2ccc(F)cc2)C1. The number of hydrogen-bond donors (Lipinski definition) is 1. The number of rotatable bonds is 6. The van der Waals surface area contributed by atoms with Crippen molar-refractivity contribution in [2.75, 3.05) is 7.11 Å². The van der Waals surface area contributed by atoms with Gasteiger partial charge in [-0.15, -0.1) is 0 Å². The average molecular weight is 428 g/mol. The van der Waals surface area contributed by atoms with E-state index in [0.29, 0.717) is 32.2 Å². The number of ether oxygens (including phenoxy) is 1. The molecule has 0 spiro atoms. The molecular weight excluding hydrogens is 405 g/mol. The fraction of sp³-hybridized carbons (Fsp3) is 0.318. The first-order valence-corrected chi connectivity index (χ1v) is 11.2. The molecule has 156 valence electrons. The van der Waals surface area contributed by atoms with Crippen LogP contribution in [0.25, 0.3) is 10.9 Å². The normalized spacial score (nSPS) is 16.2. The summed E-state index contributed by atoms with van der Waals surface area (Å²) in [6.07, 6.45) is 2.30. The fourth-order valence-electron chi connectivity index (χ4n) is 4.18. The number of benzene rings is 2. The van der Waals surface area contributed by atoms with Crippen LogP contribution in [0.2, 0.25) is 0 Å². The second-order valence-corrected chi connectivity index (χ2v) is 9.10. The zero-order chi connectivity index (χ0) is 21.3. The van der Waals surface area contributed by atoms with Crippen LogP contribution in [0, 0.1) is 17.1 Å². The van der Waals surface area contributed by atoms with Crippen LogP contribution < -0.4 is 9.46 Å². The Bertz CT molecular complexity index is 1230. The molecule has 4 rings (SSSR count). The quantitative estimate of drug-likeness (QED) is 0.652. The van der Waals surface area contributed by atoms with Gasteiger partial charge < -0.3 is 9.30 Å². The van der Waals surface area contributed by atoms with Gasteiger partial charge in [0.05, 0.1) is 24.5 Å². The number of nitrogens with zero attached hydrogens (tertiary/aromatic N) is 2. The molecule has 1 aliphatic rings. The molecule has 30 heavy (non-hydrogen) atoms. The van der Waals surface area contributed by atoms with Crippen molar-refractivity contribution in [3.05, 3.63) is 59.5 Å². The van der Waals surface area contributed by atoms with Gasteiger partial charge in [-0.3, -0.25) is 0 Å². The van der Waals surface area contributed by atoms with Crippen LogP contribution in [0.3, 0.4) is 0 Å². The van der Waals surface area contributed by atoms with Gasteiger partial charge in [-0.25, -0.2) is 17.5 Å². The molecule has 0 saturated carbocycles. The third-order valence-corrected chi connectivity index (χ3v) is 7.10. The summed E-state index contributed by atoms with van der Waals surface area (Å²) in [5, 5.41) is 10.1. The molecule has 2 aromatic carbocycles. The lowest BCUT2D eigenvalue weighted by atomic mass is 9.92. The van der Waals surface area contributed by atoms with Gasteiger partial charge in [0.15, 0.2) is 0 Å². The predicted octanol–water partition coefficient (Wildman–Crippen LogP) is 3.54. The van der Waals surface area contributed by atoms with Crippen molar-refractivity contribution in [2.45, 2.75) is 43.2 Å². The molecular formula is C22H22FN3O3S. The maximum atomic E-state index is 13.2. The van der Waals surface area contributed by atoms with E-state index in [4.69, 9.17) is 10.00 Å². The van der Waals surface area contributed by atoms with Crippen LogP contribution >= 0.6 is 0 Å². The number of sulfonamides is 1. The molecule has 0 aliphatic heterocycles. The lowest BCUT2D eigenvalue weighted by molar-refractivity contribution is 0.415. The third kappa shape index (κ3) is 3.78. The molecule has 0 radical (unpaired) electrons. The molecule has 0 amide bonds. The maximum Gasteiger partial charge on any atom is 0.240 e.